The quantitative estimate of drug-likeness (QED) is 0.440. The Balaban J connectivity index is 2.13. The molecule has 5 nitrogen and oxygen atoms in total. The van der Waals surface area contributed by atoms with Gasteiger partial charge in [0.05, 0.1) is 17.0 Å². The smallest absolute Gasteiger partial charge is 0.261 e. The van der Waals surface area contributed by atoms with Crippen LogP contribution in [0.5, 0.6) is 0 Å². The Kier molecular flexibility index (Phi) is 4.89. The number of rotatable bonds is 7. The standard InChI is InChI=1S/C18H19NO4/c1-4-13(16(11(2)20)12(3)21)9-10-19-17(22)14-7-5-6-8-15(14)18(19)23/h4-8,13,16H,1,9-10H2,2-3H3. The second kappa shape index (κ2) is 6.69. The highest BCUT2D eigenvalue weighted by Gasteiger charge is 2.36. The molecular weight excluding hydrogens is 294 g/mol. The number of fused-ring (bicyclic) bond motifs is 1. The minimum atomic E-state index is -0.775. The van der Waals surface area contributed by atoms with Crippen LogP contribution in [0.4, 0.5) is 0 Å². The molecule has 1 aromatic carbocycles. The number of hydrogen-bond acceptors (Lipinski definition) is 4. The molecule has 23 heavy (non-hydrogen) atoms. The zero-order valence-corrected chi connectivity index (χ0v) is 13.2. The molecule has 120 valence electrons. The average Bonchev–Trinajstić information content (AvgIpc) is 2.75. The maximum absolute atomic E-state index is 12.3. The molecule has 1 aliphatic rings. The van der Waals surface area contributed by atoms with Crippen molar-refractivity contribution in [1.29, 1.82) is 0 Å². The zero-order valence-electron chi connectivity index (χ0n) is 13.2. The van der Waals surface area contributed by atoms with Crippen molar-refractivity contribution in [3.05, 3.63) is 48.0 Å². The van der Waals surface area contributed by atoms with Crippen LogP contribution >= 0.6 is 0 Å². The molecule has 0 saturated heterocycles. The number of carbonyl (C=O) groups excluding carboxylic acids is 4. The summed E-state index contributed by atoms with van der Waals surface area (Å²) in [6.45, 7) is 6.56. The zero-order chi connectivity index (χ0) is 17.1. The van der Waals surface area contributed by atoms with Crippen LogP contribution in [0.3, 0.4) is 0 Å². The Morgan fingerprint density at radius 2 is 1.57 bits per heavy atom. The number of ketones is 2. The third-order valence-corrected chi connectivity index (χ3v) is 4.17. The molecule has 1 unspecified atom stereocenters. The van der Waals surface area contributed by atoms with Gasteiger partial charge in [-0.15, -0.1) is 6.58 Å². The van der Waals surface area contributed by atoms with Gasteiger partial charge in [0.1, 0.15) is 11.6 Å². The Bertz CT molecular complexity index is 643. The molecule has 1 aliphatic heterocycles. The Morgan fingerprint density at radius 1 is 1.09 bits per heavy atom. The number of carbonyl (C=O) groups is 4. The second-order valence-electron chi connectivity index (χ2n) is 5.69. The van der Waals surface area contributed by atoms with Gasteiger partial charge < -0.3 is 0 Å². The molecule has 0 radical (unpaired) electrons. The van der Waals surface area contributed by atoms with E-state index in [2.05, 4.69) is 6.58 Å². The first-order chi connectivity index (χ1) is 10.9. The van der Waals surface area contributed by atoms with Crippen molar-refractivity contribution < 1.29 is 19.2 Å². The molecule has 1 atom stereocenters. The Morgan fingerprint density at radius 3 is 1.96 bits per heavy atom. The van der Waals surface area contributed by atoms with Gasteiger partial charge in [0.2, 0.25) is 0 Å². The Hall–Kier alpha value is -2.56. The predicted octanol–water partition coefficient (Wildman–Crippen LogP) is 2.27. The molecule has 0 N–H and O–H groups in total. The van der Waals surface area contributed by atoms with Gasteiger partial charge in [-0.05, 0) is 38.3 Å². The maximum Gasteiger partial charge on any atom is 0.261 e. The summed E-state index contributed by atoms with van der Waals surface area (Å²) in [6.07, 6.45) is 1.88. The summed E-state index contributed by atoms with van der Waals surface area (Å²) in [5.41, 5.74) is 0.782. The van der Waals surface area contributed by atoms with E-state index >= 15 is 0 Å². The summed E-state index contributed by atoms with van der Waals surface area (Å²) in [4.78, 5) is 49.1. The average molecular weight is 313 g/mol. The van der Waals surface area contributed by atoms with E-state index < -0.39 is 11.8 Å². The van der Waals surface area contributed by atoms with Gasteiger partial charge in [-0.2, -0.15) is 0 Å². The molecule has 0 spiro atoms. The molecule has 0 bridgehead atoms. The van der Waals surface area contributed by atoms with Crippen LogP contribution in [-0.4, -0.2) is 34.8 Å². The largest absolute Gasteiger partial charge is 0.299 e. The molecular formula is C18H19NO4. The van der Waals surface area contributed by atoms with E-state index in [-0.39, 0.29) is 29.9 Å². The van der Waals surface area contributed by atoms with Crippen LogP contribution in [0.2, 0.25) is 0 Å². The Labute approximate surface area is 135 Å². The minimum absolute atomic E-state index is 0.153. The number of hydrogen-bond donors (Lipinski definition) is 0. The summed E-state index contributed by atoms with van der Waals surface area (Å²) in [5, 5.41) is 0. The van der Waals surface area contributed by atoms with Crippen molar-refractivity contribution in [2.75, 3.05) is 6.54 Å². The molecule has 0 aromatic heterocycles. The van der Waals surface area contributed by atoms with Crippen molar-refractivity contribution in [1.82, 2.24) is 4.90 Å². The van der Waals surface area contributed by atoms with Crippen molar-refractivity contribution in [3.63, 3.8) is 0 Å². The summed E-state index contributed by atoms with van der Waals surface area (Å²) < 4.78 is 0. The molecule has 5 heteroatoms. The first-order valence-corrected chi connectivity index (χ1v) is 7.47. The van der Waals surface area contributed by atoms with E-state index in [9.17, 15) is 19.2 Å². The van der Waals surface area contributed by atoms with Gasteiger partial charge in [0.25, 0.3) is 11.8 Å². The maximum atomic E-state index is 12.3. The fraction of sp³-hybridized carbons (Fsp3) is 0.333. The molecule has 0 saturated carbocycles. The summed E-state index contributed by atoms with van der Waals surface area (Å²) in [5.74, 6) is -2.31. The minimum Gasteiger partial charge on any atom is -0.299 e. The fourth-order valence-electron chi connectivity index (χ4n) is 3.03. The van der Waals surface area contributed by atoms with Crippen molar-refractivity contribution in [2.45, 2.75) is 20.3 Å². The lowest BCUT2D eigenvalue weighted by molar-refractivity contribution is -0.131. The van der Waals surface area contributed by atoms with Gasteiger partial charge in [-0.1, -0.05) is 18.2 Å². The van der Waals surface area contributed by atoms with Crippen LogP contribution in [0.15, 0.2) is 36.9 Å². The topological polar surface area (TPSA) is 71.5 Å². The van der Waals surface area contributed by atoms with Crippen molar-refractivity contribution >= 4 is 23.4 Å². The van der Waals surface area contributed by atoms with Gasteiger partial charge in [0.15, 0.2) is 0 Å². The number of Topliss-reactive ketones (excluding diaryl/α,β-unsaturated/α-hetero) is 2. The molecule has 1 aromatic rings. The lowest BCUT2D eigenvalue weighted by atomic mass is 9.84. The monoisotopic (exact) mass is 313 g/mol. The molecule has 0 aliphatic carbocycles. The summed E-state index contributed by atoms with van der Waals surface area (Å²) in [6, 6.07) is 6.66. The predicted molar refractivity (Wildman–Crippen MR) is 85.0 cm³/mol. The highest BCUT2D eigenvalue weighted by molar-refractivity contribution is 6.21. The number of benzene rings is 1. The third kappa shape index (κ3) is 3.13. The number of imide groups is 1. The lowest BCUT2D eigenvalue weighted by Crippen LogP contribution is -2.34. The van der Waals surface area contributed by atoms with E-state index in [0.717, 1.165) is 0 Å². The van der Waals surface area contributed by atoms with Gasteiger partial charge in [0, 0.05) is 6.54 Å². The number of nitrogens with zero attached hydrogens (tertiary/aromatic N) is 1. The first-order valence-electron chi connectivity index (χ1n) is 7.47. The third-order valence-electron chi connectivity index (χ3n) is 4.17. The normalized spacial score (nSPS) is 14.8. The molecule has 1 heterocycles. The SMILES string of the molecule is C=CC(CCN1C(=O)c2ccccc2C1=O)C(C(C)=O)C(C)=O. The summed E-state index contributed by atoms with van der Waals surface area (Å²) >= 11 is 0. The van der Waals surface area contributed by atoms with Gasteiger partial charge in [-0.3, -0.25) is 24.1 Å². The van der Waals surface area contributed by atoms with E-state index in [1.807, 2.05) is 0 Å². The highest BCUT2D eigenvalue weighted by atomic mass is 16.2. The van der Waals surface area contributed by atoms with Crippen LogP contribution in [-0.2, 0) is 9.59 Å². The van der Waals surface area contributed by atoms with Gasteiger partial charge >= 0.3 is 0 Å². The van der Waals surface area contributed by atoms with E-state index in [1.54, 1.807) is 30.3 Å². The second-order valence-corrected chi connectivity index (χ2v) is 5.69. The highest BCUT2D eigenvalue weighted by Crippen LogP contribution is 2.25. The van der Waals surface area contributed by atoms with Crippen molar-refractivity contribution in [3.8, 4) is 0 Å². The van der Waals surface area contributed by atoms with Gasteiger partial charge in [-0.25, -0.2) is 0 Å². The molecule has 2 rings (SSSR count). The fourth-order valence-corrected chi connectivity index (χ4v) is 3.03. The van der Waals surface area contributed by atoms with Crippen LogP contribution < -0.4 is 0 Å². The first kappa shape index (κ1) is 16.8. The van der Waals surface area contributed by atoms with E-state index in [1.165, 1.54) is 18.7 Å². The van der Waals surface area contributed by atoms with E-state index in [4.69, 9.17) is 0 Å². The van der Waals surface area contributed by atoms with Crippen LogP contribution in [0.1, 0.15) is 41.0 Å². The number of allylic oxidation sites excluding steroid dienone is 1. The lowest BCUT2D eigenvalue weighted by Gasteiger charge is -2.22. The molecule has 0 fully saturated rings. The number of amides is 2. The summed E-state index contributed by atoms with van der Waals surface area (Å²) in [7, 11) is 0. The molecule has 2 amide bonds. The van der Waals surface area contributed by atoms with E-state index in [0.29, 0.717) is 17.5 Å². The van der Waals surface area contributed by atoms with Crippen LogP contribution in [0, 0.1) is 11.8 Å². The van der Waals surface area contributed by atoms with Crippen LogP contribution in [0.25, 0.3) is 0 Å². The van der Waals surface area contributed by atoms with Crippen molar-refractivity contribution in [2.24, 2.45) is 11.8 Å².